The summed E-state index contributed by atoms with van der Waals surface area (Å²) in [6, 6.07) is 15.4. The Hall–Kier alpha value is -2.04. The van der Waals surface area contributed by atoms with Crippen molar-refractivity contribution in [3.05, 3.63) is 59.4 Å². The van der Waals surface area contributed by atoms with Crippen molar-refractivity contribution in [1.82, 2.24) is 9.55 Å². The third-order valence-electron chi connectivity index (χ3n) is 3.46. The van der Waals surface area contributed by atoms with E-state index in [1.807, 2.05) is 55.5 Å². The smallest absolute Gasteiger partial charge is 0.203 e. The van der Waals surface area contributed by atoms with Gasteiger partial charge in [0.25, 0.3) is 0 Å². The van der Waals surface area contributed by atoms with E-state index < -0.39 is 6.10 Å². The van der Waals surface area contributed by atoms with Crippen LogP contribution in [0.4, 0.5) is 0 Å². The van der Waals surface area contributed by atoms with Crippen LogP contribution in [0.1, 0.15) is 5.56 Å². The van der Waals surface area contributed by atoms with Crippen LogP contribution >= 0.6 is 11.6 Å². The molecule has 0 spiro atoms. The maximum atomic E-state index is 10.2. The van der Waals surface area contributed by atoms with Crippen LogP contribution in [0.15, 0.2) is 48.5 Å². The van der Waals surface area contributed by atoms with Crippen molar-refractivity contribution in [2.45, 2.75) is 19.6 Å². The second kappa shape index (κ2) is 6.38. The first-order valence-corrected chi connectivity index (χ1v) is 7.49. The van der Waals surface area contributed by atoms with Crippen molar-refractivity contribution < 1.29 is 9.84 Å². The van der Waals surface area contributed by atoms with Gasteiger partial charge in [0.05, 0.1) is 17.6 Å². The van der Waals surface area contributed by atoms with Gasteiger partial charge in [-0.05, 0) is 42.8 Å². The number of para-hydroxylation sites is 2. The van der Waals surface area contributed by atoms with Crippen molar-refractivity contribution >= 4 is 22.6 Å². The molecule has 1 aromatic heterocycles. The van der Waals surface area contributed by atoms with Crippen molar-refractivity contribution in [1.29, 1.82) is 0 Å². The van der Waals surface area contributed by atoms with Crippen LogP contribution < -0.4 is 4.74 Å². The third-order valence-corrected chi connectivity index (χ3v) is 3.75. The number of hydrogen-bond donors (Lipinski definition) is 1. The number of imidazole rings is 1. The molecule has 0 radical (unpaired) electrons. The fourth-order valence-electron chi connectivity index (χ4n) is 2.31. The van der Waals surface area contributed by atoms with Crippen LogP contribution in [0, 0.1) is 6.92 Å². The molecule has 2 aromatic carbocycles. The molecule has 0 aliphatic rings. The molecule has 1 heterocycles. The Morgan fingerprint density at radius 2 is 1.91 bits per heavy atom. The van der Waals surface area contributed by atoms with E-state index in [-0.39, 0.29) is 6.61 Å². The molecule has 3 aromatic rings. The summed E-state index contributed by atoms with van der Waals surface area (Å²) in [6.07, 6.45) is -0.670. The van der Waals surface area contributed by atoms with Crippen molar-refractivity contribution in [3.63, 3.8) is 0 Å². The lowest BCUT2D eigenvalue weighted by Gasteiger charge is -2.14. The van der Waals surface area contributed by atoms with Gasteiger partial charge in [0.1, 0.15) is 18.5 Å². The van der Waals surface area contributed by atoms with Crippen LogP contribution in [-0.2, 0) is 6.54 Å². The summed E-state index contributed by atoms with van der Waals surface area (Å²) in [4.78, 5) is 4.27. The average molecular weight is 317 g/mol. The highest BCUT2D eigenvalue weighted by molar-refractivity contribution is 6.29. The van der Waals surface area contributed by atoms with Gasteiger partial charge in [-0.25, -0.2) is 4.98 Å². The Morgan fingerprint density at radius 3 is 2.68 bits per heavy atom. The number of ether oxygens (including phenoxy) is 1. The van der Waals surface area contributed by atoms with Gasteiger partial charge in [-0.3, -0.25) is 0 Å². The molecule has 0 aliphatic carbocycles. The zero-order valence-corrected chi connectivity index (χ0v) is 13.0. The van der Waals surface area contributed by atoms with Gasteiger partial charge in [0.2, 0.25) is 5.28 Å². The monoisotopic (exact) mass is 316 g/mol. The molecule has 114 valence electrons. The highest BCUT2D eigenvalue weighted by Gasteiger charge is 2.13. The summed E-state index contributed by atoms with van der Waals surface area (Å²) >= 11 is 6.15. The van der Waals surface area contributed by atoms with E-state index in [0.29, 0.717) is 11.8 Å². The first-order valence-electron chi connectivity index (χ1n) is 7.12. The SMILES string of the molecule is Cc1ccc(OCC(O)Cn2c(Cl)nc3ccccc32)cc1. The average Bonchev–Trinajstić information content (AvgIpc) is 2.83. The Labute approximate surface area is 133 Å². The molecule has 22 heavy (non-hydrogen) atoms. The van der Waals surface area contributed by atoms with E-state index in [2.05, 4.69) is 4.98 Å². The second-order valence-electron chi connectivity index (χ2n) is 5.26. The Bertz CT molecular complexity index is 768. The minimum atomic E-state index is -0.670. The Kier molecular flexibility index (Phi) is 4.32. The van der Waals surface area contributed by atoms with Gasteiger partial charge in [0.15, 0.2) is 0 Å². The molecule has 0 aliphatic heterocycles. The van der Waals surface area contributed by atoms with Gasteiger partial charge in [-0.2, -0.15) is 0 Å². The number of aromatic nitrogens is 2. The number of hydrogen-bond acceptors (Lipinski definition) is 3. The fourth-order valence-corrected chi connectivity index (χ4v) is 2.56. The lowest BCUT2D eigenvalue weighted by atomic mass is 10.2. The van der Waals surface area contributed by atoms with Gasteiger partial charge >= 0.3 is 0 Å². The van der Waals surface area contributed by atoms with Crippen molar-refractivity contribution in [3.8, 4) is 5.75 Å². The molecule has 5 heteroatoms. The van der Waals surface area contributed by atoms with Gasteiger partial charge in [-0.15, -0.1) is 0 Å². The fraction of sp³-hybridized carbons (Fsp3) is 0.235. The minimum absolute atomic E-state index is 0.200. The highest BCUT2D eigenvalue weighted by Crippen LogP contribution is 2.20. The number of aliphatic hydroxyl groups excluding tert-OH is 1. The van der Waals surface area contributed by atoms with Gasteiger partial charge < -0.3 is 14.4 Å². The van der Waals surface area contributed by atoms with Crippen LogP contribution in [0.2, 0.25) is 5.28 Å². The number of aryl methyl sites for hydroxylation is 1. The number of rotatable bonds is 5. The summed E-state index contributed by atoms with van der Waals surface area (Å²) in [6.45, 7) is 2.56. The Balaban J connectivity index is 1.67. The largest absolute Gasteiger partial charge is 0.491 e. The minimum Gasteiger partial charge on any atom is -0.491 e. The Morgan fingerprint density at radius 1 is 1.18 bits per heavy atom. The molecule has 0 amide bonds. The van der Waals surface area contributed by atoms with Crippen molar-refractivity contribution in [2.24, 2.45) is 0 Å². The maximum absolute atomic E-state index is 10.2. The molecule has 0 saturated heterocycles. The summed E-state index contributed by atoms with van der Waals surface area (Å²) in [5.74, 6) is 0.742. The first kappa shape index (κ1) is 14.9. The summed E-state index contributed by atoms with van der Waals surface area (Å²) < 4.78 is 7.39. The lowest BCUT2D eigenvalue weighted by Crippen LogP contribution is -2.23. The quantitative estimate of drug-likeness (QED) is 0.784. The van der Waals surface area contributed by atoms with Crippen LogP contribution in [-0.4, -0.2) is 27.4 Å². The van der Waals surface area contributed by atoms with E-state index in [1.54, 1.807) is 4.57 Å². The van der Waals surface area contributed by atoms with Crippen LogP contribution in [0.25, 0.3) is 11.0 Å². The van der Waals surface area contributed by atoms with E-state index in [4.69, 9.17) is 16.3 Å². The van der Waals surface area contributed by atoms with E-state index in [0.717, 1.165) is 16.8 Å². The molecule has 0 saturated carbocycles. The molecule has 0 bridgehead atoms. The van der Waals surface area contributed by atoms with Crippen LogP contribution in [0.3, 0.4) is 0 Å². The van der Waals surface area contributed by atoms with Crippen LogP contribution in [0.5, 0.6) is 5.75 Å². The van der Waals surface area contributed by atoms with E-state index >= 15 is 0 Å². The summed E-state index contributed by atoms with van der Waals surface area (Å²) in [5, 5.41) is 10.6. The molecule has 1 unspecified atom stereocenters. The number of aliphatic hydroxyl groups is 1. The maximum Gasteiger partial charge on any atom is 0.203 e. The number of nitrogens with zero attached hydrogens (tertiary/aromatic N) is 2. The zero-order valence-electron chi connectivity index (χ0n) is 12.2. The van der Waals surface area contributed by atoms with Gasteiger partial charge in [-0.1, -0.05) is 29.8 Å². The topological polar surface area (TPSA) is 47.3 Å². The summed E-state index contributed by atoms with van der Waals surface area (Å²) in [5.41, 5.74) is 2.89. The molecular formula is C17H17ClN2O2. The first-order chi connectivity index (χ1) is 10.6. The standard InChI is InChI=1S/C17H17ClN2O2/c1-12-6-8-14(9-7-12)22-11-13(21)10-20-16-5-3-2-4-15(16)19-17(20)18/h2-9,13,21H,10-11H2,1H3. The zero-order chi connectivity index (χ0) is 15.5. The predicted molar refractivity (Wildman–Crippen MR) is 87.4 cm³/mol. The number of benzene rings is 2. The van der Waals surface area contributed by atoms with Crippen molar-refractivity contribution in [2.75, 3.05) is 6.61 Å². The van der Waals surface area contributed by atoms with Gasteiger partial charge in [0, 0.05) is 0 Å². The molecule has 1 N–H and O–H groups in total. The normalized spacial score (nSPS) is 12.5. The predicted octanol–water partition coefficient (Wildman–Crippen LogP) is 3.44. The number of fused-ring (bicyclic) bond motifs is 1. The molecule has 4 nitrogen and oxygen atoms in total. The highest BCUT2D eigenvalue weighted by atomic mass is 35.5. The van der Waals surface area contributed by atoms with E-state index in [9.17, 15) is 5.11 Å². The lowest BCUT2D eigenvalue weighted by molar-refractivity contribution is 0.0935. The third kappa shape index (κ3) is 3.24. The second-order valence-corrected chi connectivity index (χ2v) is 5.60. The molecule has 1 atom stereocenters. The number of halogens is 1. The molecular weight excluding hydrogens is 300 g/mol. The molecule has 3 rings (SSSR count). The summed E-state index contributed by atoms with van der Waals surface area (Å²) in [7, 11) is 0. The van der Waals surface area contributed by atoms with E-state index in [1.165, 1.54) is 5.56 Å². The molecule has 0 fully saturated rings.